The van der Waals surface area contributed by atoms with E-state index in [4.69, 9.17) is 21.3 Å². The molecule has 12 heteroatoms. The second-order valence-corrected chi connectivity index (χ2v) is 10.2. The number of benzene rings is 1. The van der Waals surface area contributed by atoms with Gasteiger partial charge in [-0.3, -0.25) is 19.5 Å². The van der Waals surface area contributed by atoms with Crippen molar-refractivity contribution in [2.75, 3.05) is 31.6 Å². The molecular formula is C28H29ClFN7O3. The fourth-order valence-corrected chi connectivity index (χ4v) is 5.65. The lowest BCUT2D eigenvalue weighted by molar-refractivity contribution is -0.120. The molecule has 2 aromatic heterocycles. The van der Waals surface area contributed by atoms with Crippen LogP contribution in [0.4, 0.5) is 15.9 Å². The fraction of sp³-hybridized carbons (Fsp3) is 0.357. The lowest BCUT2D eigenvalue weighted by Crippen LogP contribution is -2.54. The number of amidine groups is 1. The largest absolute Gasteiger partial charge is 0.484 e. The van der Waals surface area contributed by atoms with Gasteiger partial charge in [0.1, 0.15) is 35.0 Å². The first kappa shape index (κ1) is 27.4. The highest BCUT2D eigenvalue weighted by Gasteiger charge is 2.34. The number of aliphatic imine (C=N–C) groups is 1. The van der Waals surface area contributed by atoms with Crippen LogP contribution in [0.25, 0.3) is 11.3 Å². The van der Waals surface area contributed by atoms with Crippen LogP contribution in [0.15, 0.2) is 29.3 Å². The second kappa shape index (κ2) is 10.8. The average molecular weight is 566 g/mol. The number of hydrogen-bond donors (Lipinski definition) is 0. The first-order chi connectivity index (χ1) is 19.2. The molecule has 2 bridgehead atoms. The van der Waals surface area contributed by atoms with Gasteiger partial charge in [0.25, 0.3) is 0 Å². The number of hydrogen-bond acceptors (Lipinski definition) is 7. The van der Waals surface area contributed by atoms with Crippen LogP contribution in [0.3, 0.4) is 0 Å². The van der Waals surface area contributed by atoms with E-state index in [1.165, 1.54) is 11.0 Å². The van der Waals surface area contributed by atoms with Crippen LogP contribution in [0, 0.1) is 19.7 Å². The Kier molecular flexibility index (Phi) is 7.41. The van der Waals surface area contributed by atoms with E-state index in [1.54, 1.807) is 50.9 Å². The monoisotopic (exact) mass is 565 g/mol. The molecule has 2 atom stereocenters. The minimum absolute atomic E-state index is 0.0758. The summed E-state index contributed by atoms with van der Waals surface area (Å²) in [6, 6.07) is 6.06. The van der Waals surface area contributed by atoms with E-state index in [0.29, 0.717) is 60.3 Å². The Bertz CT molecular complexity index is 1530. The van der Waals surface area contributed by atoms with Crippen LogP contribution in [-0.2, 0) is 9.59 Å². The summed E-state index contributed by atoms with van der Waals surface area (Å²) in [5.41, 5.74) is 2.05. The number of anilines is 2. The van der Waals surface area contributed by atoms with Gasteiger partial charge >= 0.3 is 0 Å². The molecule has 2 amide bonds. The number of fused-ring (bicyclic) bond motifs is 5. The number of nitrogens with zero attached hydrogens (tertiary/aromatic N) is 7. The lowest BCUT2D eigenvalue weighted by Gasteiger charge is -2.40. The van der Waals surface area contributed by atoms with Gasteiger partial charge in [-0.25, -0.2) is 19.3 Å². The molecule has 0 aliphatic carbocycles. The number of aryl methyl sites for hydroxylation is 2. The standard InChI is InChI=1S/C28H29ClFN7O3/c1-15-12-35(13-38)9-10-36(15)27(31-5)19-11-20(29)25-23-21(30)7-6-8-22(23)40-17(3)24-26(16(2)32-18(4)33-24)37(14-39)28(19)34-25/h6-8,11,13-15,17H,9-10,12H2,1-5H3. The number of carbonyl (C=O) groups is 2. The molecule has 5 rings (SSSR count). The quantitative estimate of drug-likeness (QED) is 0.266. The predicted molar refractivity (Wildman–Crippen MR) is 150 cm³/mol. The van der Waals surface area contributed by atoms with Crippen LogP contribution in [0.2, 0.25) is 5.02 Å². The molecule has 0 N–H and O–H groups in total. The molecule has 10 nitrogen and oxygen atoms in total. The number of carbonyl (C=O) groups excluding carboxylic acids is 2. The van der Waals surface area contributed by atoms with Crippen molar-refractivity contribution in [1.29, 1.82) is 0 Å². The highest BCUT2D eigenvalue weighted by molar-refractivity contribution is 6.33. The Labute approximate surface area is 236 Å². The van der Waals surface area contributed by atoms with E-state index in [2.05, 4.69) is 15.0 Å². The minimum atomic E-state index is -0.680. The summed E-state index contributed by atoms with van der Waals surface area (Å²) in [6.07, 6.45) is 0.783. The third-order valence-corrected chi connectivity index (χ3v) is 7.45. The molecule has 2 aliphatic rings. The Balaban J connectivity index is 1.83. The number of amides is 2. The fourth-order valence-electron chi connectivity index (χ4n) is 5.40. The van der Waals surface area contributed by atoms with Gasteiger partial charge in [-0.05, 0) is 45.9 Å². The highest BCUT2D eigenvalue weighted by Crippen LogP contribution is 2.44. The van der Waals surface area contributed by atoms with Gasteiger partial charge in [0.2, 0.25) is 12.8 Å². The first-order valence-electron chi connectivity index (χ1n) is 12.9. The van der Waals surface area contributed by atoms with Crippen molar-refractivity contribution in [1.82, 2.24) is 24.8 Å². The van der Waals surface area contributed by atoms with Crippen molar-refractivity contribution in [2.45, 2.75) is 39.8 Å². The maximum atomic E-state index is 15.4. The van der Waals surface area contributed by atoms with Crippen LogP contribution < -0.4 is 9.64 Å². The van der Waals surface area contributed by atoms with E-state index in [0.717, 1.165) is 6.41 Å². The molecule has 0 radical (unpaired) electrons. The molecule has 4 heterocycles. The maximum Gasteiger partial charge on any atom is 0.220 e. The number of halogens is 2. The Morgan fingerprint density at radius 3 is 2.60 bits per heavy atom. The average Bonchev–Trinajstić information content (AvgIpc) is 2.92. The zero-order valence-electron chi connectivity index (χ0n) is 22.9. The molecular weight excluding hydrogens is 537 g/mol. The van der Waals surface area contributed by atoms with Crippen LogP contribution in [0.5, 0.6) is 5.75 Å². The van der Waals surface area contributed by atoms with Crippen LogP contribution in [0.1, 0.15) is 42.7 Å². The van der Waals surface area contributed by atoms with Crippen LogP contribution >= 0.6 is 11.6 Å². The number of rotatable bonds is 3. The predicted octanol–water partition coefficient (Wildman–Crippen LogP) is 4.23. The van der Waals surface area contributed by atoms with Crippen molar-refractivity contribution in [3.05, 3.63) is 57.9 Å². The van der Waals surface area contributed by atoms with Crippen molar-refractivity contribution in [2.24, 2.45) is 4.99 Å². The molecule has 40 heavy (non-hydrogen) atoms. The summed E-state index contributed by atoms with van der Waals surface area (Å²) in [6.45, 7) is 8.80. The molecule has 0 spiro atoms. The summed E-state index contributed by atoms with van der Waals surface area (Å²) < 4.78 is 21.6. The van der Waals surface area contributed by atoms with Crippen molar-refractivity contribution in [3.8, 4) is 17.0 Å². The smallest absolute Gasteiger partial charge is 0.220 e. The van der Waals surface area contributed by atoms with Gasteiger partial charge < -0.3 is 14.5 Å². The summed E-state index contributed by atoms with van der Waals surface area (Å²) >= 11 is 6.81. The number of ether oxygens (including phenoxy) is 1. The normalized spacial score (nSPS) is 19.0. The number of pyridine rings is 1. The lowest BCUT2D eigenvalue weighted by atomic mass is 10.0. The third-order valence-electron chi connectivity index (χ3n) is 7.16. The second-order valence-electron chi connectivity index (χ2n) is 9.82. The zero-order valence-corrected chi connectivity index (χ0v) is 23.6. The molecule has 208 valence electrons. The summed E-state index contributed by atoms with van der Waals surface area (Å²) in [7, 11) is 1.64. The van der Waals surface area contributed by atoms with E-state index < -0.39 is 11.9 Å². The van der Waals surface area contributed by atoms with Gasteiger partial charge in [0.15, 0.2) is 5.82 Å². The number of aromatic nitrogens is 3. The first-order valence-corrected chi connectivity index (χ1v) is 13.2. The Morgan fingerprint density at radius 2 is 1.93 bits per heavy atom. The van der Waals surface area contributed by atoms with E-state index in [9.17, 15) is 9.59 Å². The Morgan fingerprint density at radius 1 is 1.15 bits per heavy atom. The highest BCUT2D eigenvalue weighted by atomic mass is 35.5. The molecule has 3 aromatic rings. The molecule has 2 aliphatic heterocycles. The summed E-state index contributed by atoms with van der Waals surface area (Å²) in [5, 5.41) is 0.158. The minimum Gasteiger partial charge on any atom is -0.484 e. The van der Waals surface area contributed by atoms with Gasteiger partial charge in [-0.2, -0.15) is 0 Å². The Hall–Kier alpha value is -4.12. The van der Waals surface area contributed by atoms with E-state index in [1.807, 2.05) is 11.8 Å². The number of piperazine rings is 1. The van der Waals surface area contributed by atoms with Gasteiger partial charge in [-0.15, -0.1) is 0 Å². The van der Waals surface area contributed by atoms with Gasteiger partial charge in [-0.1, -0.05) is 17.7 Å². The van der Waals surface area contributed by atoms with Crippen molar-refractivity contribution >= 4 is 41.8 Å². The van der Waals surface area contributed by atoms with E-state index in [-0.39, 0.29) is 33.9 Å². The van der Waals surface area contributed by atoms with Gasteiger partial charge in [0, 0.05) is 32.7 Å². The molecule has 1 fully saturated rings. The SMILES string of the molecule is CN=C(c1cc(Cl)c2nc1N(C=O)c1c(C)nc(C)nc1C(C)Oc1cccc(F)c1-2)N1CCN(C=O)CC1C. The molecule has 2 unspecified atom stereocenters. The maximum absolute atomic E-state index is 15.4. The molecule has 1 aromatic carbocycles. The molecule has 0 saturated carbocycles. The van der Waals surface area contributed by atoms with Crippen molar-refractivity contribution < 1.29 is 18.7 Å². The summed E-state index contributed by atoms with van der Waals surface area (Å²) in [5.74, 6) is 0.886. The van der Waals surface area contributed by atoms with Gasteiger partial charge in [0.05, 0.1) is 33.2 Å². The zero-order chi connectivity index (χ0) is 28.7. The third kappa shape index (κ3) is 4.64. The topological polar surface area (TPSA) is 104 Å². The van der Waals surface area contributed by atoms with E-state index >= 15 is 4.39 Å². The van der Waals surface area contributed by atoms with Crippen LogP contribution in [-0.4, -0.2) is 76.1 Å². The summed E-state index contributed by atoms with van der Waals surface area (Å²) in [4.78, 5) is 47.9. The van der Waals surface area contributed by atoms with Crippen molar-refractivity contribution in [3.63, 3.8) is 0 Å². The molecule has 1 saturated heterocycles.